The van der Waals surface area contributed by atoms with Gasteiger partial charge in [0, 0.05) is 30.9 Å². The summed E-state index contributed by atoms with van der Waals surface area (Å²) >= 11 is 1.62. The molecule has 0 aromatic heterocycles. The molecule has 0 radical (unpaired) electrons. The van der Waals surface area contributed by atoms with Crippen LogP contribution in [0.5, 0.6) is 0 Å². The number of carbonyl (C=O) groups is 3. The van der Waals surface area contributed by atoms with Crippen LogP contribution in [0.3, 0.4) is 0 Å². The van der Waals surface area contributed by atoms with Gasteiger partial charge < -0.3 is 19.8 Å². The van der Waals surface area contributed by atoms with Gasteiger partial charge in [0.2, 0.25) is 17.7 Å². The third-order valence-corrected chi connectivity index (χ3v) is 10.5. The molecule has 2 unspecified atom stereocenters. The number of thioether (sulfide) groups is 1. The van der Waals surface area contributed by atoms with Gasteiger partial charge in [-0.15, -0.1) is 11.8 Å². The predicted octanol–water partition coefficient (Wildman–Crippen LogP) is 3.09. The van der Waals surface area contributed by atoms with Gasteiger partial charge in [-0.3, -0.25) is 14.4 Å². The second-order valence-corrected chi connectivity index (χ2v) is 12.5. The van der Waals surface area contributed by atoms with Crippen LogP contribution in [0.15, 0.2) is 24.3 Å². The van der Waals surface area contributed by atoms with Gasteiger partial charge in [-0.05, 0) is 25.7 Å². The molecule has 2 saturated heterocycles. The molecule has 8 atom stereocenters. The predicted molar refractivity (Wildman–Crippen MR) is 143 cm³/mol. The van der Waals surface area contributed by atoms with Crippen LogP contribution in [-0.4, -0.2) is 91.9 Å². The molecular formula is C28H43N3O4S. The third kappa shape index (κ3) is 4.22. The smallest absolute Gasteiger partial charge is 0.247 e. The summed E-state index contributed by atoms with van der Waals surface area (Å²) in [4.78, 5) is 48.1. The minimum atomic E-state index is -0.819. The number of aliphatic hydroxyl groups excluding tert-OH is 1. The normalized spacial score (nSPS) is 34.3. The van der Waals surface area contributed by atoms with Crippen molar-refractivity contribution in [2.45, 2.75) is 88.4 Å². The first kappa shape index (κ1) is 27.2. The zero-order chi connectivity index (χ0) is 26.2. The van der Waals surface area contributed by atoms with Gasteiger partial charge in [-0.2, -0.15) is 0 Å². The minimum Gasteiger partial charge on any atom is -0.394 e. The molecule has 4 aliphatic heterocycles. The number of carbonyl (C=O) groups excluding carboxylic acids is 3. The van der Waals surface area contributed by atoms with E-state index in [0.29, 0.717) is 19.6 Å². The van der Waals surface area contributed by atoms with Gasteiger partial charge in [0.25, 0.3) is 0 Å². The van der Waals surface area contributed by atoms with E-state index in [0.717, 1.165) is 25.7 Å². The Morgan fingerprint density at radius 2 is 1.81 bits per heavy atom. The molecule has 1 N–H and O–H groups in total. The SMILES string of the molecule is CCCC(C)N1CC=C[C@]23S[C@H]4C=CCN(CCC)C(=O)[C@H]4[C@H]2C(=O)N([C@@H](CO)[C@@H](C)CC)C3C1=O. The van der Waals surface area contributed by atoms with Crippen LogP contribution >= 0.6 is 11.8 Å². The average molecular weight is 518 g/mol. The van der Waals surface area contributed by atoms with Crippen LogP contribution < -0.4 is 0 Å². The van der Waals surface area contributed by atoms with Crippen molar-refractivity contribution in [2.24, 2.45) is 17.8 Å². The van der Waals surface area contributed by atoms with Crippen molar-refractivity contribution < 1.29 is 19.5 Å². The second-order valence-electron chi connectivity index (χ2n) is 11.0. The number of aliphatic hydroxyl groups is 1. The van der Waals surface area contributed by atoms with E-state index in [2.05, 4.69) is 32.9 Å². The van der Waals surface area contributed by atoms with Crippen molar-refractivity contribution in [1.82, 2.24) is 14.7 Å². The van der Waals surface area contributed by atoms with E-state index in [4.69, 9.17) is 0 Å². The Morgan fingerprint density at radius 3 is 2.44 bits per heavy atom. The molecule has 0 aromatic rings. The summed E-state index contributed by atoms with van der Waals surface area (Å²) in [6.45, 7) is 11.8. The van der Waals surface area contributed by atoms with E-state index in [9.17, 15) is 19.5 Å². The molecule has 4 rings (SSSR count). The Bertz CT molecular complexity index is 922. The van der Waals surface area contributed by atoms with Crippen molar-refractivity contribution in [1.29, 1.82) is 0 Å². The fourth-order valence-electron chi connectivity index (χ4n) is 6.76. The Hall–Kier alpha value is -1.80. The number of nitrogens with zero attached hydrogens (tertiary/aromatic N) is 3. The first-order valence-corrected chi connectivity index (χ1v) is 14.7. The molecule has 4 heterocycles. The van der Waals surface area contributed by atoms with Crippen molar-refractivity contribution in [3.63, 3.8) is 0 Å². The monoisotopic (exact) mass is 517 g/mol. The lowest BCUT2D eigenvalue weighted by molar-refractivity contribution is -0.148. The molecule has 2 fully saturated rings. The number of rotatable bonds is 9. The van der Waals surface area contributed by atoms with E-state index < -0.39 is 28.7 Å². The Labute approximate surface area is 220 Å². The summed E-state index contributed by atoms with van der Waals surface area (Å²) in [5, 5.41) is 10.3. The first-order chi connectivity index (χ1) is 17.3. The number of amides is 3. The molecule has 7 nitrogen and oxygen atoms in total. The zero-order valence-corrected chi connectivity index (χ0v) is 23.2. The minimum absolute atomic E-state index is 0.0144. The summed E-state index contributed by atoms with van der Waals surface area (Å²) in [7, 11) is 0. The van der Waals surface area contributed by atoms with Gasteiger partial charge in [-0.1, -0.05) is 64.8 Å². The van der Waals surface area contributed by atoms with Crippen molar-refractivity contribution in [3.05, 3.63) is 24.3 Å². The highest BCUT2D eigenvalue weighted by atomic mass is 32.2. The second kappa shape index (κ2) is 10.9. The largest absolute Gasteiger partial charge is 0.394 e. The molecule has 0 aliphatic carbocycles. The summed E-state index contributed by atoms with van der Waals surface area (Å²) in [6.07, 6.45) is 11.7. The number of fused-ring (bicyclic) bond motifs is 2. The van der Waals surface area contributed by atoms with Gasteiger partial charge >= 0.3 is 0 Å². The molecule has 0 aromatic carbocycles. The van der Waals surface area contributed by atoms with Crippen LogP contribution in [0.2, 0.25) is 0 Å². The molecule has 36 heavy (non-hydrogen) atoms. The Morgan fingerprint density at radius 1 is 1.06 bits per heavy atom. The maximum Gasteiger partial charge on any atom is 0.247 e. The highest BCUT2D eigenvalue weighted by Crippen LogP contribution is 2.61. The lowest BCUT2D eigenvalue weighted by atomic mass is 9.78. The quantitative estimate of drug-likeness (QED) is 0.476. The number of hydrogen-bond donors (Lipinski definition) is 1. The van der Waals surface area contributed by atoms with Crippen LogP contribution in [0.1, 0.15) is 60.3 Å². The summed E-state index contributed by atoms with van der Waals surface area (Å²) in [5.41, 5.74) is 0. The van der Waals surface area contributed by atoms with E-state index >= 15 is 0 Å². The lowest BCUT2D eigenvalue weighted by Gasteiger charge is -2.41. The van der Waals surface area contributed by atoms with Gasteiger partial charge in [0.15, 0.2) is 0 Å². The van der Waals surface area contributed by atoms with E-state index in [1.54, 1.807) is 16.7 Å². The fourth-order valence-corrected chi connectivity index (χ4v) is 8.75. The molecule has 8 heteroatoms. The van der Waals surface area contributed by atoms with Gasteiger partial charge in [0.1, 0.15) is 6.04 Å². The van der Waals surface area contributed by atoms with Crippen molar-refractivity contribution in [3.8, 4) is 0 Å². The fraction of sp³-hybridized carbons (Fsp3) is 0.750. The van der Waals surface area contributed by atoms with Gasteiger partial charge in [-0.25, -0.2) is 0 Å². The van der Waals surface area contributed by atoms with E-state index in [1.165, 1.54) is 0 Å². The van der Waals surface area contributed by atoms with Crippen LogP contribution in [0, 0.1) is 17.8 Å². The zero-order valence-electron chi connectivity index (χ0n) is 22.4. The van der Waals surface area contributed by atoms with E-state index in [1.807, 2.05) is 35.8 Å². The standard InChI is InChI=1S/C28H43N3O4S/c1-6-11-19(5)30-16-10-13-28-23(22-21(36-28)12-9-15-29(14-7-2)25(22)33)26(34)31(24(28)27(30)35)20(17-32)18(4)8-3/h9-10,12-13,18-24,32H,6-8,11,14-17H2,1-5H3/t18-,19?,20-,21-,22+,23-,24?,28-/m0/s1. The first-order valence-electron chi connectivity index (χ1n) is 13.8. The topological polar surface area (TPSA) is 81.2 Å². The molecule has 0 saturated carbocycles. The summed E-state index contributed by atoms with van der Waals surface area (Å²) in [6, 6.07) is -1.14. The maximum atomic E-state index is 14.4. The van der Waals surface area contributed by atoms with Gasteiger partial charge in [0.05, 0.1) is 29.2 Å². The molecule has 4 aliphatic rings. The van der Waals surface area contributed by atoms with Crippen LogP contribution in [0.25, 0.3) is 0 Å². The molecule has 3 amide bonds. The number of likely N-dealkylation sites (tertiary alicyclic amines) is 1. The highest BCUT2D eigenvalue weighted by molar-refractivity contribution is 8.02. The molecular weight excluding hydrogens is 474 g/mol. The Kier molecular flexibility index (Phi) is 8.25. The highest BCUT2D eigenvalue weighted by Gasteiger charge is 2.72. The van der Waals surface area contributed by atoms with E-state index in [-0.39, 0.29) is 41.5 Å². The lowest BCUT2D eigenvalue weighted by Crippen LogP contribution is -2.58. The van der Waals surface area contributed by atoms with Crippen molar-refractivity contribution >= 4 is 29.5 Å². The van der Waals surface area contributed by atoms with Crippen LogP contribution in [0.4, 0.5) is 0 Å². The Balaban J connectivity index is 1.85. The number of hydrogen-bond acceptors (Lipinski definition) is 5. The summed E-state index contributed by atoms with van der Waals surface area (Å²) < 4.78 is -0.819. The summed E-state index contributed by atoms with van der Waals surface area (Å²) in [5.74, 6) is -1.29. The molecule has 0 bridgehead atoms. The van der Waals surface area contributed by atoms with Crippen LogP contribution in [-0.2, 0) is 14.4 Å². The average Bonchev–Trinajstić information content (AvgIpc) is 3.17. The third-order valence-electron chi connectivity index (χ3n) is 8.79. The maximum absolute atomic E-state index is 14.4. The molecule has 200 valence electrons. The molecule has 1 spiro atoms. The van der Waals surface area contributed by atoms with Crippen molar-refractivity contribution in [2.75, 3.05) is 26.2 Å².